The van der Waals surface area contributed by atoms with Crippen molar-refractivity contribution in [2.75, 3.05) is 19.0 Å². The fourth-order valence-corrected chi connectivity index (χ4v) is 2.62. The zero-order valence-corrected chi connectivity index (χ0v) is 12.1. The number of hydrogen-bond acceptors (Lipinski definition) is 3. The molecule has 1 aliphatic rings. The Morgan fingerprint density at radius 3 is 2.45 bits per heavy atom. The summed E-state index contributed by atoms with van der Waals surface area (Å²) in [6.45, 7) is 0.370. The molecule has 3 nitrogen and oxygen atoms in total. The summed E-state index contributed by atoms with van der Waals surface area (Å²) >= 11 is 0. The molecule has 1 aliphatic heterocycles. The van der Waals surface area contributed by atoms with E-state index in [1.165, 1.54) is 19.2 Å². The summed E-state index contributed by atoms with van der Waals surface area (Å²) in [6.07, 6.45) is 0.481. The van der Waals surface area contributed by atoms with Gasteiger partial charge in [-0.15, -0.1) is 0 Å². The fraction of sp³-hybridized carbons (Fsp3) is 0.235. The Morgan fingerprint density at radius 1 is 1.14 bits per heavy atom. The van der Waals surface area contributed by atoms with Crippen LogP contribution in [0.1, 0.15) is 17.9 Å². The number of methoxy groups -OCH3 is 1. The van der Waals surface area contributed by atoms with E-state index in [4.69, 9.17) is 4.74 Å². The average Bonchev–Trinajstić information content (AvgIpc) is 2.95. The molecule has 0 fully saturated rings. The minimum Gasteiger partial charge on any atom is -0.497 e. The molecule has 3 rings (SSSR count). The van der Waals surface area contributed by atoms with Gasteiger partial charge < -0.3 is 10.1 Å². The molecule has 0 amide bonds. The summed E-state index contributed by atoms with van der Waals surface area (Å²) in [5.74, 6) is -0.542. The van der Waals surface area contributed by atoms with Gasteiger partial charge in [-0.3, -0.25) is 4.99 Å². The largest absolute Gasteiger partial charge is 0.497 e. The van der Waals surface area contributed by atoms with Gasteiger partial charge >= 0.3 is 0 Å². The summed E-state index contributed by atoms with van der Waals surface area (Å²) in [5.41, 5.74) is 0.993. The standard InChI is InChI=1S/C17H16F2N2O/c1-22-13-8-14(18)17(15(19)9-13)11-7-16(20-10-11)21-12-5-3-2-4-6-12/h2-6,8-9,11H,7,10H2,1H3,(H,20,21). The molecule has 0 aliphatic carbocycles. The van der Waals surface area contributed by atoms with Crippen molar-refractivity contribution >= 4 is 11.5 Å². The second-order valence-electron chi connectivity index (χ2n) is 5.18. The van der Waals surface area contributed by atoms with Crippen LogP contribution in [0.5, 0.6) is 5.75 Å². The third kappa shape index (κ3) is 2.93. The van der Waals surface area contributed by atoms with E-state index in [2.05, 4.69) is 10.3 Å². The lowest BCUT2D eigenvalue weighted by Crippen LogP contribution is -2.12. The van der Waals surface area contributed by atoms with Gasteiger partial charge in [0.25, 0.3) is 0 Å². The number of rotatable bonds is 3. The molecule has 0 saturated carbocycles. The number of nitrogens with zero attached hydrogens (tertiary/aromatic N) is 1. The molecule has 1 heterocycles. The molecule has 0 spiro atoms. The van der Waals surface area contributed by atoms with Crippen molar-refractivity contribution in [1.29, 1.82) is 0 Å². The number of anilines is 1. The number of nitrogens with one attached hydrogen (secondary N) is 1. The lowest BCUT2D eigenvalue weighted by atomic mass is 9.96. The minimum absolute atomic E-state index is 0.0782. The Balaban J connectivity index is 1.74. The van der Waals surface area contributed by atoms with E-state index in [1.54, 1.807) is 0 Å². The number of amidine groups is 1. The number of hydrogen-bond donors (Lipinski definition) is 1. The second-order valence-corrected chi connectivity index (χ2v) is 5.18. The molecule has 2 aromatic rings. The highest BCUT2D eigenvalue weighted by atomic mass is 19.1. The normalized spacial score (nSPS) is 17.2. The summed E-state index contributed by atoms with van der Waals surface area (Å²) < 4.78 is 33.1. The molecule has 22 heavy (non-hydrogen) atoms. The number of ether oxygens (including phenoxy) is 1. The van der Waals surface area contributed by atoms with Crippen LogP contribution in [0.3, 0.4) is 0 Å². The van der Waals surface area contributed by atoms with Crippen LogP contribution < -0.4 is 10.1 Å². The first-order valence-corrected chi connectivity index (χ1v) is 7.05. The Morgan fingerprint density at radius 2 is 1.82 bits per heavy atom. The van der Waals surface area contributed by atoms with Gasteiger partial charge in [0, 0.05) is 42.3 Å². The minimum atomic E-state index is -0.585. The molecule has 2 aromatic carbocycles. The van der Waals surface area contributed by atoms with Crippen LogP contribution in [0.2, 0.25) is 0 Å². The Bertz CT molecular complexity index is 678. The summed E-state index contributed by atoms with van der Waals surface area (Å²) in [5, 5.41) is 3.18. The van der Waals surface area contributed by atoms with Crippen molar-refractivity contribution in [3.05, 3.63) is 59.7 Å². The van der Waals surface area contributed by atoms with Crippen molar-refractivity contribution in [3.63, 3.8) is 0 Å². The van der Waals surface area contributed by atoms with Crippen LogP contribution >= 0.6 is 0 Å². The maximum atomic E-state index is 14.1. The zero-order chi connectivity index (χ0) is 15.5. The molecule has 1 unspecified atom stereocenters. The summed E-state index contributed by atoms with van der Waals surface area (Å²) in [4.78, 5) is 4.35. The van der Waals surface area contributed by atoms with E-state index >= 15 is 0 Å². The van der Waals surface area contributed by atoms with E-state index in [1.807, 2.05) is 30.3 Å². The molecular formula is C17H16F2N2O. The van der Waals surface area contributed by atoms with E-state index in [9.17, 15) is 8.78 Å². The van der Waals surface area contributed by atoms with E-state index in [0.29, 0.717) is 13.0 Å². The van der Waals surface area contributed by atoms with Gasteiger partial charge in [0.2, 0.25) is 0 Å². The van der Waals surface area contributed by atoms with Gasteiger partial charge in [0.15, 0.2) is 0 Å². The first-order chi connectivity index (χ1) is 10.7. The number of halogens is 2. The van der Waals surface area contributed by atoms with E-state index in [0.717, 1.165) is 11.5 Å². The predicted molar refractivity (Wildman–Crippen MR) is 82.6 cm³/mol. The lowest BCUT2D eigenvalue weighted by molar-refractivity contribution is 0.404. The van der Waals surface area contributed by atoms with Crippen LogP contribution in [-0.2, 0) is 0 Å². The maximum absolute atomic E-state index is 14.1. The van der Waals surface area contributed by atoms with Crippen molar-refractivity contribution in [2.45, 2.75) is 12.3 Å². The van der Waals surface area contributed by atoms with Gasteiger partial charge in [-0.25, -0.2) is 8.78 Å². The van der Waals surface area contributed by atoms with Crippen molar-refractivity contribution < 1.29 is 13.5 Å². The predicted octanol–water partition coefficient (Wildman–Crippen LogP) is 3.97. The van der Waals surface area contributed by atoms with Crippen molar-refractivity contribution in [1.82, 2.24) is 0 Å². The number of aliphatic imine (C=N–C) groups is 1. The molecule has 114 valence electrons. The SMILES string of the molecule is COc1cc(F)c(C2CN=C(Nc3ccccc3)C2)c(F)c1. The third-order valence-corrected chi connectivity index (χ3v) is 3.70. The molecule has 0 aromatic heterocycles. The fourth-order valence-electron chi connectivity index (χ4n) is 2.62. The highest BCUT2D eigenvalue weighted by Crippen LogP contribution is 2.32. The quantitative estimate of drug-likeness (QED) is 0.930. The van der Waals surface area contributed by atoms with Crippen molar-refractivity contribution in [2.24, 2.45) is 4.99 Å². The first-order valence-electron chi connectivity index (χ1n) is 7.05. The lowest BCUT2D eigenvalue weighted by Gasteiger charge is -2.13. The smallest absolute Gasteiger partial charge is 0.133 e. The van der Waals surface area contributed by atoms with Crippen LogP contribution in [0.25, 0.3) is 0 Å². The molecule has 1 atom stereocenters. The summed E-state index contributed by atoms with van der Waals surface area (Å²) in [6, 6.07) is 12.0. The topological polar surface area (TPSA) is 33.6 Å². The van der Waals surface area contributed by atoms with Crippen LogP contribution in [0, 0.1) is 11.6 Å². The highest BCUT2D eigenvalue weighted by molar-refractivity contribution is 5.97. The molecule has 5 heteroatoms. The Kier molecular flexibility index (Phi) is 4.04. The number of para-hydroxylation sites is 1. The Hall–Kier alpha value is -2.43. The van der Waals surface area contributed by atoms with Gasteiger partial charge in [0.1, 0.15) is 23.2 Å². The van der Waals surface area contributed by atoms with Gasteiger partial charge in [-0.1, -0.05) is 18.2 Å². The molecule has 0 radical (unpaired) electrons. The van der Waals surface area contributed by atoms with Crippen molar-refractivity contribution in [3.8, 4) is 5.75 Å². The molecule has 0 saturated heterocycles. The third-order valence-electron chi connectivity index (χ3n) is 3.70. The second kappa shape index (κ2) is 6.13. The van der Waals surface area contributed by atoms with Gasteiger partial charge in [-0.05, 0) is 12.1 Å². The monoisotopic (exact) mass is 302 g/mol. The van der Waals surface area contributed by atoms with Crippen LogP contribution in [0.15, 0.2) is 47.5 Å². The average molecular weight is 302 g/mol. The van der Waals surface area contributed by atoms with E-state index in [-0.39, 0.29) is 17.2 Å². The maximum Gasteiger partial charge on any atom is 0.133 e. The van der Waals surface area contributed by atoms with E-state index < -0.39 is 11.6 Å². The first kappa shape index (κ1) is 14.5. The Labute approximate surface area is 127 Å². The van der Waals surface area contributed by atoms with Gasteiger partial charge in [0.05, 0.1) is 7.11 Å². The molecular weight excluding hydrogens is 286 g/mol. The molecule has 1 N–H and O–H groups in total. The van der Waals surface area contributed by atoms with Crippen LogP contribution in [0.4, 0.5) is 14.5 Å². The molecule has 0 bridgehead atoms. The highest BCUT2D eigenvalue weighted by Gasteiger charge is 2.26. The summed E-state index contributed by atoms with van der Waals surface area (Å²) in [7, 11) is 1.38. The van der Waals surface area contributed by atoms with Crippen LogP contribution in [-0.4, -0.2) is 19.5 Å². The number of benzene rings is 2. The van der Waals surface area contributed by atoms with Gasteiger partial charge in [-0.2, -0.15) is 0 Å². The zero-order valence-electron chi connectivity index (χ0n) is 12.1.